The van der Waals surface area contributed by atoms with Crippen LogP contribution < -0.4 is 5.43 Å². The molecule has 0 saturated carbocycles. The molecule has 0 radical (unpaired) electrons. The molecule has 1 aliphatic heterocycles. The molecule has 1 aliphatic rings. The average molecular weight is 242 g/mol. The molecular formula is C9H14N4S2. The third-order valence-corrected chi connectivity index (χ3v) is 2.56. The molecule has 2 rings (SSSR count). The van der Waals surface area contributed by atoms with Crippen LogP contribution in [0.5, 0.6) is 0 Å². The van der Waals surface area contributed by atoms with E-state index in [0.29, 0.717) is 0 Å². The molecule has 1 N–H and O–H groups in total. The van der Waals surface area contributed by atoms with Crippen LogP contribution in [0.2, 0.25) is 0 Å². The van der Waals surface area contributed by atoms with Gasteiger partial charge < -0.3 is 5.43 Å². The number of benzene rings is 1. The van der Waals surface area contributed by atoms with Gasteiger partial charge in [0.15, 0.2) is 0 Å². The summed E-state index contributed by atoms with van der Waals surface area (Å²) in [6, 6.07) is 10.1. The summed E-state index contributed by atoms with van der Waals surface area (Å²) in [5, 5.41) is 2.04. The molecule has 0 unspecified atom stereocenters. The Morgan fingerprint density at radius 1 is 0.933 bits per heavy atom. The molecule has 6 heteroatoms. The summed E-state index contributed by atoms with van der Waals surface area (Å²) >= 11 is 8.61. The van der Waals surface area contributed by atoms with Crippen molar-refractivity contribution in [1.29, 1.82) is 0 Å². The number of thiol groups is 2. The molecule has 1 fully saturated rings. The molecule has 15 heavy (non-hydrogen) atoms. The number of nitrogens with zero attached hydrogens (tertiary/aromatic N) is 3. The summed E-state index contributed by atoms with van der Waals surface area (Å²) in [6.07, 6.45) is 0. The molecule has 0 amide bonds. The third-order valence-electron chi connectivity index (χ3n) is 2.06. The normalized spacial score (nSPS) is 20.4. The molecular weight excluding hydrogens is 228 g/mol. The molecule has 4 nitrogen and oxygen atoms in total. The molecule has 1 heterocycles. The Labute approximate surface area is 101 Å². The Balaban J connectivity index is 1.94. The van der Waals surface area contributed by atoms with E-state index in [1.54, 1.807) is 0 Å². The van der Waals surface area contributed by atoms with Crippen LogP contribution in [0.15, 0.2) is 30.3 Å². The SMILES string of the molecule is SN1CN(S)CN(Nc2ccccc2)C1. The van der Waals surface area contributed by atoms with Crippen molar-refractivity contribution in [3.8, 4) is 0 Å². The number of hydrogen-bond donors (Lipinski definition) is 3. The summed E-state index contributed by atoms with van der Waals surface area (Å²) in [5.74, 6) is 0. The predicted molar refractivity (Wildman–Crippen MR) is 68.2 cm³/mol. The fourth-order valence-corrected chi connectivity index (χ4v) is 2.19. The number of hydrazine groups is 1. The van der Waals surface area contributed by atoms with Crippen molar-refractivity contribution in [3.63, 3.8) is 0 Å². The largest absolute Gasteiger partial charge is 0.316 e. The highest BCUT2D eigenvalue weighted by Gasteiger charge is 2.19. The average Bonchev–Trinajstić information content (AvgIpc) is 2.17. The van der Waals surface area contributed by atoms with E-state index in [1.165, 1.54) is 0 Å². The van der Waals surface area contributed by atoms with Gasteiger partial charge >= 0.3 is 0 Å². The lowest BCUT2D eigenvalue weighted by atomic mass is 10.3. The lowest BCUT2D eigenvalue weighted by Crippen LogP contribution is -2.50. The Hall–Kier alpha value is -0.400. The molecule has 1 saturated heterocycles. The first-order valence-corrected chi connectivity index (χ1v) is 5.48. The van der Waals surface area contributed by atoms with Gasteiger partial charge in [0, 0.05) is 5.69 Å². The second-order valence-electron chi connectivity index (χ2n) is 3.45. The number of anilines is 1. The second-order valence-corrected chi connectivity index (χ2v) is 4.59. The van der Waals surface area contributed by atoms with Crippen molar-refractivity contribution in [2.75, 3.05) is 25.4 Å². The first-order chi connectivity index (χ1) is 7.24. The number of nitrogens with one attached hydrogen (secondary N) is 1. The number of hydrogen-bond acceptors (Lipinski definition) is 6. The lowest BCUT2D eigenvalue weighted by molar-refractivity contribution is 0.102. The minimum Gasteiger partial charge on any atom is -0.316 e. The maximum atomic E-state index is 4.31. The van der Waals surface area contributed by atoms with Crippen LogP contribution in [0, 0.1) is 0 Å². The fourth-order valence-electron chi connectivity index (χ4n) is 1.48. The Morgan fingerprint density at radius 3 is 2.13 bits per heavy atom. The second kappa shape index (κ2) is 5.09. The molecule has 1 aromatic carbocycles. The van der Waals surface area contributed by atoms with Gasteiger partial charge in [0.25, 0.3) is 0 Å². The molecule has 0 atom stereocenters. The van der Waals surface area contributed by atoms with Gasteiger partial charge in [0.05, 0.1) is 20.0 Å². The summed E-state index contributed by atoms with van der Waals surface area (Å²) in [7, 11) is 0. The van der Waals surface area contributed by atoms with Crippen molar-refractivity contribution >= 4 is 31.3 Å². The molecule has 0 bridgehead atoms. The van der Waals surface area contributed by atoms with Gasteiger partial charge in [-0.15, -0.1) is 0 Å². The van der Waals surface area contributed by atoms with Gasteiger partial charge in [-0.25, -0.2) is 8.61 Å². The van der Waals surface area contributed by atoms with E-state index in [0.717, 1.165) is 25.7 Å². The van der Waals surface area contributed by atoms with E-state index < -0.39 is 0 Å². The smallest absolute Gasteiger partial charge is 0.0817 e. The minimum absolute atomic E-state index is 0.749. The van der Waals surface area contributed by atoms with Gasteiger partial charge in [-0.1, -0.05) is 43.8 Å². The van der Waals surface area contributed by atoms with Crippen LogP contribution in [0.3, 0.4) is 0 Å². The summed E-state index contributed by atoms with van der Waals surface area (Å²) in [4.78, 5) is 0. The van der Waals surface area contributed by atoms with Crippen LogP contribution in [-0.4, -0.2) is 33.6 Å². The monoisotopic (exact) mass is 242 g/mol. The van der Waals surface area contributed by atoms with Gasteiger partial charge in [-0.05, 0) is 12.1 Å². The Bertz CT molecular complexity index is 298. The lowest BCUT2D eigenvalue weighted by Gasteiger charge is -2.37. The third kappa shape index (κ3) is 3.29. The number of rotatable bonds is 2. The molecule has 0 aromatic heterocycles. The van der Waals surface area contributed by atoms with Crippen LogP contribution in [0.4, 0.5) is 5.69 Å². The summed E-state index contributed by atoms with van der Waals surface area (Å²) in [6.45, 7) is 2.27. The maximum absolute atomic E-state index is 4.31. The van der Waals surface area contributed by atoms with Gasteiger partial charge in [-0.2, -0.15) is 5.01 Å². The molecule has 0 spiro atoms. The quantitative estimate of drug-likeness (QED) is 0.683. The standard InChI is InChI=1S/C9H14N4S2/c14-12-6-11(7-13(15)8-12)10-9-4-2-1-3-5-9/h1-5,10,14-15H,6-8H2. The van der Waals surface area contributed by atoms with Crippen molar-refractivity contribution in [2.24, 2.45) is 0 Å². The van der Waals surface area contributed by atoms with Gasteiger partial charge in [0.2, 0.25) is 0 Å². The van der Waals surface area contributed by atoms with E-state index in [4.69, 9.17) is 0 Å². The van der Waals surface area contributed by atoms with Crippen LogP contribution in [-0.2, 0) is 0 Å². The summed E-state index contributed by atoms with van der Waals surface area (Å²) in [5.41, 5.74) is 4.37. The molecule has 82 valence electrons. The predicted octanol–water partition coefficient (Wildman–Crippen LogP) is 1.50. The van der Waals surface area contributed by atoms with Crippen LogP contribution >= 0.6 is 25.6 Å². The summed E-state index contributed by atoms with van der Waals surface area (Å²) < 4.78 is 3.76. The van der Waals surface area contributed by atoms with Crippen molar-refractivity contribution < 1.29 is 0 Å². The van der Waals surface area contributed by atoms with E-state index >= 15 is 0 Å². The highest BCUT2D eigenvalue weighted by atomic mass is 32.1. The van der Waals surface area contributed by atoms with Crippen LogP contribution in [0.1, 0.15) is 0 Å². The Morgan fingerprint density at radius 2 is 1.53 bits per heavy atom. The molecule has 0 aliphatic carbocycles. The topological polar surface area (TPSA) is 21.8 Å². The maximum Gasteiger partial charge on any atom is 0.0817 e. The molecule has 1 aromatic rings. The first kappa shape index (κ1) is 11.1. The highest BCUT2D eigenvalue weighted by Crippen LogP contribution is 2.13. The van der Waals surface area contributed by atoms with Crippen molar-refractivity contribution in [3.05, 3.63) is 30.3 Å². The van der Waals surface area contributed by atoms with Crippen molar-refractivity contribution in [1.82, 2.24) is 13.6 Å². The van der Waals surface area contributed by atoms with E-state index in [2.05, 4.69) is 31.1 Å². The van der Waals surface area contributed by atoms with Crippen molar-refractivity contribution in [2.45, 2.75) is 0 Å². The zero-order valence-corrected chi connectivity index (χ0v) is 10.0. The first-order valence-electron chi connectivity index (χ1n) is 4.68. The Kier molecular flexibility index (Phi) is 3.76. The zero-order valence-electron chi connectivity index (χ0n) is 8.24. The van der Waals surface area contributed by atoms with Gasteiger partial charge in [-0.3, -0.25) is 0 Å². The van der Waals surface area contributed by atoms with E-state index in [1.807, 2.05) is 44.0 Å². The van der Waals surface area contributed by atoms with Crippen LogP contribution in [0.25, 0.3) is 0 Å². The minimum atomic E-state index is 0.749. The highest BCUT2D eigenvalue weighted by molar-refractivity contribution is 7.78. The number of para-hydroxylation sites is 1. The van der Waals surface area contributed by atoms with Gasteiger partial charge in [0.1, 0.15) is 0 Å². The van der Waals surface area contributed by atoms with E-state index in [9.17, 15) is 0 Å². The van der Waals surface area contributed by atoms with E-state index in [-0.39, 0.29) is 0 Å². The fraction of sp³-hybridized carbons (Fsp3) is 0.333. The zero-order chi connectivity index (χ0) is 10.7.